The van der Waals surface area contributed by atoms with E-state index in [1.54, 1.807) is 6.07 Å². The van der Waals surface area contributed by atoms with Crippen molar-refractivity contribution in [3.63, 3.8) is 0 Å². The number of anilines is 2. The van der Waals surface area contributed by atoms with Gasteiger partial charge in [0.1, 0.15) is 6.07 Å². The third-order valence-electron chi connectivity index (χ3n) is 2.46. The molecule has 1 saturated carbocycles. The van der Waals surface area contributed by atoms with Crippen LogP contribution in [-0.2, 0) is 0 Å². The van der Waals surface area contributed by atoms with E-state index in [1.807, 2.05) is 18.2 Å². The zero-order valence-corrected chi connectivity index (χ0v) is 7.96. The van der Waals surface area contributed by atoms with Crippen LogP contribution in [0.5, 0.6) is 0 Å². The molecule has 0 saturated heterocycles. The summed E-state index contributed by atoms with van der Waals surface area (Å²) in [6, 6.07) is 7.52. The Morgan fingerprint density at radius 3 is 2.86 bits per heavy atom. The van der Waals surface area contributed by atoms with Crippen molar-refractivity contribution in [1.29, 1.82) is 5.26 Å². The van der Waals surface area contributed by atoms with Crippen molar-refractivity contribution in [2.24, 2.45) is 5.92 Å². The van der Waals surface area contributed by atoms with Gasteiger partial charge in [-0.25, -0.2) is 0 Å². The number of nitrogen functional groups attached to an aromatic ring is 1. The number of hydrogen-bond acceptors (Lipinski definition) is 3. The van der Waals surface area contributed by atoms with Gasteiger partial charge in [-0.2, -0.15) is 5.26 Å². The molecule has 0 atom stereocenters. The lowest BCUT2D eigenvalue weighted by Gasteiger charge is -2.06. The summed E-state index contributed by atoms with van der Waals surface area (Å²) in [7, 11) is 0. The Kier molecular flexibility index (Phi) is 2.28. The third-order valence-corrected chi connectivity index (χ3v) is 2.46. The number of benzene rings is 1. The fraction of sp³-hybridized carbons (Fsp3) is 0.364. The topological polar surface area (TPSA) is 61.8 Å². The Morgan fingerprint density at radius 1 is 1.50 bits per heavy atom. The second-order valence-corrected chi connectivity index (χ2v) is 3.74. The molecule has 3 nitrogen and oxygen atoms in total. The minimum absolute atomic E-state index is 0.543. The Bertz CT molecular complexity index is 375. The van der Waals surface area contributed by atoms with Gasteiger partial charge in [-0.15, -0.1) is 0 Å². The number of nitrogens with zero attached hydrogens (tertiary/aromatic N) is 1. The molecule has 1 fully saturated rings. The first-order valence-corrected chi connectivity index (χ1v) is 4.83. The molecule has 0 aliphatic heterocycles. The van der Waals surface area contributed by atoms with E-state index in [1.165, 1.54) is 12.8 Å². The molecule has 1 aliphatic rings. The second kappa shape index (κ2) is 3.59. The minimum Gasteiger partial charge on any atom is -0.398 e. The molecule has 0 bridgehead atoms. The monoisotopic (exact) mass is 187 g/mol. The van der Waals surface area contributed by atoms with E-state index < -0.39 is 0 Å². The molecular formula is C11H13N3. The number of nitrogens with two attached hydrogens (primary N) is 1. The molecule has 0 unspecified atom stereocenters. The Balaban J connectivity index is 2.03. The Morgan fingerprint density at radius 2 is 2.29 bits per heavy atom. The maximum atomic E-state index is 8.69. The maximum Gasteiger partial charge on any atom is 0.101 e. The molecular weight excluding hydrogens is 174 g/mol. The van der Waals surface area contributed by atoms with Gasteiger partial charge in [0.2, 0.25) is 0 Å². The molecule has 0 radical (unpaired) electrons. The summed E-state index contributed by atoms with van der Waals surface area (Å²) in [5.41, 5.74) is 7.79. The lowest BCUT2D eigenvalue weighted by atomic mass is 10.2. The van der Waals surface area contributed by atoms with Crippen molar-refractivity contribution in [3.8, 4) is 6.07 Å². The standard InChI is InChI=1S/C11H13N3/c12-6-9-3-4-10(5-11(9)13)14-7-8-1-2-8/h3-5,8,14H,1-2,7,13H2. The van der Waals surface area contributed by atoms with E-state index in [4.69, 9.17) is 11.0 Å². The lowest BCUT2D eigenvalue weighted by molar-refractivity contribution is 0.889. The molecule has 0 heterocycles. The molecule has 3 N–H and O–H groups in total. The molecule has 2 rings (SSSR count). The van der Waals surface area contributed by atoms with Gasteiger partial charge < -0.3 is 11.1 Å². The van der Waals surface area contributed by atoms with Crippen molar-refractivity contribution >= 4 is 11.4 Å². The molecule has 1 aliphatic carbocycles. The summed E-state index contributed by atoms with van der Waals surface area (Å²) >= 11 is 0. The van der Waals surface area contributed by atoms with Gasteiger partial charge in [-0.1, -0.05) is 0 Å². The molecule has 0 aromatic heterocycles. The average molecular weight is 187 g/mol. The average Bonchev–Trinajstić information content (AvgIpc) is 2.98. The van der Waals surface area contributed by atoms with Crippen LogP contribution in [0, 0.1) is 17.2 Å². The summed E-state index contributed by atoms with van der Waals surface area (Å²) in [5.74, 6) is 0.840. The minimum atomic E-state index is 0.543. The first-order valence-electron chi connectivity index (χ1n) is 4.83. The van der Waals surface area contributed by atoms with Crippen molar-refractivity contribution in [2.45, 2.75) is 12.8 Å². The molecule has 0 spiro atoms. The summed E-state index contributed by atoms with van der Waals surface area (Å²) in [4.78, 5) is 0. The molecule has 14 heavy (non-hydrogen) atoms. The van der Waals surface area contributed by atoms with Crippen LogP contribution < -0.4 is 11.1 Å². The summed E-state index contributed by atoms with van der Waals surface area (Å²) < 4.78 is 0. The van der Waals surface area contributed by atoms with Crippen LogP contribution in [0.15, 0.2) is 18.2 Å². The zero-order valence-electron chi connectivity index (χ0n) is 7.96. The van der Waals surface area contributed by atoms with E-state index in [0.29, 0.717) is 11.3 Å². The van der Waals surface area contributed by atoms with Gasteiger partial charge in [0, 0.05) is 12.2 Å². The molecule has 1 aromatic rings. The second-order valence-electron chi connectivity index (χ2n) is 3.74. The van der Waals surface area contributed by atoms with Crippen LogP contribution >= 0.6 is 0 Å². The van der Waals surface area contributed by atoms with E-state index in [2.05, 4.69) is 5.32 Å². The van der Waals surface area contributed by atoms with Gasteiger partial charge in [-0.3, -0.25) is 0 Å². The number of rotatable bonds is 3. The molecule has 0 amide bonds. The van der Waals surface area contributed by atoms with Crippen LogP contribution in [0.1, 0.15) is 18.4 Å². The first kappa shape index (κ1) is 8.89. The summed E-state index contributed by atoms with van der Waals surface area (Å²) in [5, 5.41) is 12.0. The number of nitrogens with one attached hydrogen (secondary N) is 1. The van der Waals surface area contributed by atoms with Crippen molar-refractivity contribution in [3.05, 3.63) is 23.8 Å². The van der Waals surface area contributed by atoms with Gasteiger partial charge in [0.05, 0.1) is 11.3 Å². The summed E-state index contributed by atoms with van der Waals surface area (Å²) in [6.07, 6.45) is 2.66. The first-order chi connectivity index (χ1) is 6.79. The highest BCUT2D eigenvalue weighted by Gasteiger charge is 2.20. The fourth-order valence-electron chi connectivity index (χ4n) is 1.36. The van der Waals surface area contributed by atoms with Crippen LogP contribution in [0.3, 0.4) is 0 Å². The maximum absolute atomic E-state index is 8.69. The van der Waals surface area contributed by atoms with Gasteiger partial charge >= 0.3 is 0 Å². The van der Waals surface area contributed by atoms with Gasteiger partial charge in [0.25, 0.3) is 0 Å². The van der Waals surface area contributed by atoms with Gasteiger partial charge in [0.15, 0.2) is 0 Å². The predicted molar refractivity (Wildman–Crippen MR) is 56.8 cm³/mol. The molecule has 3 heteroatoms. The number of nitriles is 1. The third kappa shape index (κ3) is 1.97. The lowest BCUT2D eigenvalue weighted by Crippen LogP contribution is -2.03. The van der Waals surface area contributed by atoms with E-state index in [0.717, 1.165) is 18.2 Å². The van der Waals surface area contributed by atoms with Crippen LogP contribution in [-0.4, -0.2) is 6.54 Å². The largest absolute Gasteiger partial charge is 0.398 e. The van der Waals surface area contributed by atoms with E-state index in [-0.39, 0.29) is 0 Å². The highest BCUT2D eigenvalue weighted by Crippen LogP contribution is 2.29. The van der Waals surface area contributed by atoms with Crippen molar-refractivity contribution in [2.75, 3.05) is 17.6 Å². The van der Waals surface area contributed by atoms with Crippen molar-refractivity contribution in [1.82, 2.24) is 0 Å². The highest BCUT2D eigenvalue weighted by molar-refractivity contribution is 5.62. The smallest absolute Gasteiger partial charge is 0.101 e. The normalized spacial score (nSPS) is 14.8. The quantitative estimate of drug-likeness (QED) is 0.711. The Hall–Kier alpha value is -1.69. The number of hydrogen-bond donors (Lipinski definition) is 2. The van der Waals surface area contributed by atoms with Crippen molar-refractivity contribution < 1.29 is 0 Å². The van der Waals surface area contributed by atoms with Crippen LogP contribution in [0.2, 0.25) is 0 Å². The fourth-order valence-corrected chi connectivity index (χ4v) is 1.36. The predicted octanol–water partition coefficient (Wildman–Crippen LogP) is 1.96. The SMILES string of the molecule is N#Cc1ccc(NCC2CC2)cc1N. The summed E-state index contributed by atoms with van der Waals surface area (Å²) in [6.45, 7) is 1.02. The molecule has 1 aromatic carbocycles. The van der Waals surface area contributed by atoms with Crippen LogP contribution in [0.25, 0.3) is 0 Å². The van der Waals surface area contributed by atoms with E-state index in [9.17, 15) is 0 Å². The zero-order chi connectivity index (χ0) is 9.97. The Labute approximate surface area is 83.5 Å². The van der Waals surface area contributed by atoms with Crippen LogP contribution in [0.4, 0.5) is 11.4 Å². The highest BCUT2D eigenvalue weighted by atomic mass is 14.9. The molecule has 72 valence electrons. The van der Waals surface area contributed by atoms with Gasteiger partial charge in [-0.05, 0) is 37.0 Å². The van der Waals surface area contributed by atoms with E-state index >= 15 is 0 Å².